The number of para-hydroxylation sites is 1. The number of aromatic nitrogens is 3. The molecule has 51 heavy (non-hydrogen) atoms. The number of thiophene rings is 1. The first kappa shape index (κ1) is 32.7. The fraction of sp³-hybridized carbons (Fsp3) is 0.200. The van der Waals surface area contributed by atoms with E-state index in [1.54, 1.807) is 0 Å². The summed E-state index contributed by atoms with van der Waals surface area (Å²) in [6, 6.07) is 40.5. The van der Waals surface area contributed by atoms with Gasteiger partial charge < -0.3 is 9.67 Å². The number of anilines is 3. The van der Waals surface area contributed by atoms with E-state index in [1.807, 2.05) is 36.7 Å². The molecule has 0 radical (unpaired) electrons. The molecule has 5 aromatic carbocycles. The predicted octanol–water partition coefficient (Wildman–Crippen LogP) is 12.4. The molecule has 0 unspecified atom stereocenters. The molecule has 6 heteroatoms. The smallest absolute Gasteiger partial charge is 0.144 e. The van der Waals surface area contributed by atoms with Crippen LogP contribution in [0.3, 0.4) is 0 Å². The number of hydrogen-bond acceptors (Lipinski definition) is 5. The molecule has 0 amide bonds. The van der Waals surface area contributed by atoms with Crippen LogP contribution >= 0.6 is 11.3 Å². The maximum absolute atomic E-state index is 11.8. The molecule has 3 aromatic heterocycles. The van der Waals surface area contributed by atoms with Crippen molar-refractivity contribution in [3.8, 4) is 28.3 Å². The van der Waals surface area contributed by atoms with Crippen LogP contribution in [0, 0.1) is 0 Å². The highest BCUT2D eigenvalue weighted by atomic mass is 32.1. The molecule has 0 fully saturated rings. The van der Waals surface area contributed by atoms with E-state index in [0.717, 1.165) is 56.3 Å². The molecule has 0 spiro atoms. The van der Waals surface area contributed by atoms with Crippen LogP contribution in [0.25, 0.3) is 53.7 Å². The van der Waals surface area contributed by atoms with E-state index in [0.29, 0.717) is 5.75 Å². The molecule has 8 rings (SSSR count). The minimum atomic E-state index is -0.241. The van der Waals surface area contributed by atoms with Crippen LogP contribution in [0.2, 0.25) is 0 Å². The Kier molecular flexibility index (Phi) is 7.76. The Morgan fingerprint density at radius 3 is 2.22 bits per heavy atom. The lowest BCUT2D eigenvalue weighted by atomic mass is 9.79. The van der Waals surface area contributed by atoms with Gasteiger partial charge in [0.1, 0.15) is 17.4 Å². The number of phenols is 1. The molecule has 5 nitrogen and oxygen atoms in total. The van der Waals surface area contributed by atoms with Crippen molar-refractivity contribution in [1.29, 1.82) is 0 Å². The van der Waals surface area contributed by atoms with E-state index in [-0.39, 0.29) is 10.8 Å². The molecule has 8 aromatic rings. The lowest BCUT2D eigenvalue weighted by molar-refractivity contribution is 0.446. The molecule has 0 aliphatic carbocycles. The number of rotatable bonds is 5. The van der Waals surface area contributed by atoms with Crippen molar-refractivity contribution in [1.82, 2.24) is 14.5 Å². The summed E-state index contributed by atoms with van der Waals surface area (Å²) >= 11 is 1.82. The first-order valence-electron chi connectivity index (χ1n) is 17.5. The summed E-state index contributed by atoms with van der Waals surface area (Å²) in [5.41, 5.74) is 8.57. The van der Waals surface area contributed by atoms with Gasteiger partial charge in [-0.05, 0) is 76.6 Å². The Hall–Kier alpha value is -5.46. The molecule has 0 saturated heterocycles. The van der Waals surface area contributed by atoms with Crippen LogP contribution in [-0.2, 0) is 17.9 Å². The first-order valence-corrected chi connectivity index (χ1v) is 18.3. The van der Waals surface area contributed by atoms with E-state index in [4.69, 9.17) is 9.97 Å². The van der Waals surface area contributed by atoms with Gasteiger partial charge in [-0.2, -0.15) is 0 Å². The van der Waals surface area contributed by atoms with Crippen LogP contribution < -0.4 is 4.90 Å². The molecule has 1 N–H and O–H groups in total. The van der Waals surface area contributed by atoms with Gasteiger partial charge in [0.25, 0.3) is 0 Å². The number of pyridine rings is 1. The SMILES string of the molecule is Cn1c(-c2cc(C(C)(C)C)cc(C(C)(C)C)c2O)nc2c(-c3cccc(N(c4ccccn4)c4cccc5sc6ccccc6c45)c3)cccc21. The molecule has 0 atom stereocenters. The molecule has 0 bridgehead atoms. The number of phenolic OH excluding ortho intramolecular Hbond substituents is 1. The number of benzene rings is 5. The molecule has 254 valence electrons. The molecule has 3 heterocycles. The quantitative estimate of drug-likeness (QED) is 0.196. The first-order chi connectivity index (χ1) is 24.4. The van der Waals surface area contributed by atoms with Crippen molar-refractivity contribution in [2.75, 3.05) is 4.90 Å². The number of aromatic hydroxyl groups is 1. The summed E-state index contributed by atoms with van der Waals surface area (Å²) in [6.07, 6.45) is 1.85. The summed E-state index contributed by atoms with van der Waals surface area (Å²) in [6.45, 7) is 13.1. The average Bonchev–Trinajstić information content (AvgIpc) is 3.66. The molecule has 0 aliphatic heterocycles. The minimum Gasteiger partial charge on any atom is -0.507 e. The Morgan fingerprint density at radius 2 is 1.45 bits per heavy atom. The maximum atomic E-state index is 11.8. The van der Waals surface area contributed by atoms with E-state index in [9.17, 15) is 5.11 Å². The highest BCUT2D eigenvalue weighted by molar-refractivity contribution is 7.26. The zero-order valence-electron chi connectivity index (χ0n) is 30.2. The van der Waals surface area contributed by atoms with Gasteiger partial charge in [-0.1, -0.05) is 102 Å². The van der Waals surface area contributed by atoms with Crippen LogP contribution in [-0.4, -0.2) is 19.6 Å². The summed E-state index contributed by atoms with van der Waals surface area (Å²) in [5, 5.41) is 14.2. The topological polar surface area (TPSA) is 54.2 Å². The lowest BCUT2D eigenvalue weighted by Gasteiger charge is -2.27. The summed E-state index contributed by atoms with van der Waals surface area (Å²) in [5.74, 6) is 1.88. The van der Waals surface area contributed by atoms with Crippen LogP contribution in [0.4, 0.5) is 17.2 Å². The van der Waals surface area contributed by atoms with Crippen molar-refractivity contribution in [3.05, 3.63) is 133 Å². The second kappa shape index (κ2) is 12.1. The Morgan fingerprint density at radius 1 is 0.706 bits per heavy atom. The highest BCUT2D eigenvalue weighted by Gasteiger charge is 2.28. The van der Waals surface area contributed by atoms with Gasteiger partial charge in [-0.25, -0.2) is 9.97 Å². The van der Waals surface area contributed by atoms with Crippen molar-refractivity contribution in [2.24, 2.45) is 7.05 Å². The summed E-state index contributed by atoms with van der Waals surface area (Å²) in [7, 11) is 2.04. The maximum Gasteiger partial charge on any atom is 0.144 e. The molecule has 0 aliphatic rings. The van der Waals surface area contributed by atoms with E-state index >= 15 is 0 Å². The van der Waals surface area contributed by atoms with Crippen LogP contribution in [0.5, 0.6) is 5.75 Å². The van der Waals surface area contributed by atoms with Crippen LogP contribution in [0.1, 0.15) is 52.7 Å². The predicted molar refractivity (Wildman–Crippen MR) is 216 cm³/mol. The Balaban J connectivity index is 1.32. The lowest BCUT2D eigenvalue weighted by Crippen LogP contribution is -2.17. The standard InChI is InChI=1S/C45H42N4OS/c1-44(2,3)29-26-33(42(50)34(27-29)45(4,5)6)43-47-41-31(18-13-20-36(41)48(43)7)28-15-12-16-30(25-28)49(39-23-10-11-24-46-39)35-19-14-22-38-40(35)32-17-8-9-21-37(32)51-38/h8-27,50H,1-7H3. The third-order valence-electron chi connectivity index (χ3n) is 9.85. The van der Waals surface area contributed by atoms with E-state index in [2.05, 4.69) is 154 Å². The number of nitrogens with zero attached hydrogens (tertiary/aromatic N) is 4. The molecular formula is C45H42N4OS. The van der Waals surface area contributed by atoms with Crippen molar-refractivity contribution in [2.45, 2.75) is 52.4 Å². The molecule has 0 saturated carbocycles. The number of fused-ring (bicyclic) bond motifs is 4. The summed E-state index contributed by atoms with van der Waals surface area (Å²) in [4.78, 5) is 12.4. The highest BCUT2D eigenvalue weighted by Crippen LogP contribution is 2.46. The van der Waals surface area contributed by atoms with E-state index < -0.39 is 0 Å². The normalized spacial score (nSPS) is 12.3. The van der Waals surface area contributed by atoms with Crippen molar-refractivity contribution < 1.29 is 5.11 Å². The van der Waals surface area contributed by atoms with Gasteiger partial charge in [0.15, 0.2) is 0 Å². The minimum absolute atomic E-state index is 0.0994. The number of hydrogen-bond donors (Lipinski definition) is 1. The van der Waals surface area contributed by atoms with Crippen molar-refractivity contribution >= 4 is 59.7 Å². The van der Waals surface area contributed by atoms with Gasteiger partial charge in [-0.3, -0.25) is 4.90 Å². The monoisotopic (exact) mass is 686 g/mol. The zero-order chi connectivity index (χ0) is 35.7. The second-order valence-corrected chi connectivity index (χ2v) is 16.5. The van der Waals surface area contributed by atoms with Gasteiger partial charge in [-0.15, -0.1) is 11.3 Å². The number of aryl methyl sites for hydroxylation is 1. The third-order valence-corrected chi connectivity index (χ3v) is 11.0. The largest absolute Gasteiger partial charge is 0.507 e. The fourth-order valence-corrected chi connectivity index (χ4v) is 8.26. The average molecular weight is 687 g/mol. The van der Waals surface area contributed by atoms with Crippen LogP contribution in [0.15, 0.2) is 121 Å². The van der Waals surface area contributed by atoms with Gasteiger partial charge in [0.05, 0.1) is 22.3 Å². The van der Waals surface area contributed by atoms with Gasteiger partial charge in [0.2, 0.25) is 0 Å². The Labute approximate surface area is 303 Å². The van der Waals surface area contributed by atoms with Crippen molar-refractivity contribution in [3.63, 3.8) is 0 Å². The Bertz CT molecular complexity index is 2580. The van der Waals surface area contributed by atoms with E-state index in [1.165, 1.54) is 25.7 Å². The number of imidazole rings is 1. The second-order valence-electron chi connectivity index (χ2n) is 15.4. The zero-order valence-corrected chi connectivity index (χ0v) is 31.0. The summed E-state index contributed by atoms with van der Waals surface area (Å²) < 4.78 is 4.62. The molecular weight excluding hydrogens is 645 g/mol. The van der Waals surface area contributed by atoms with Gasteiger partial charge in [0, 0.05) is 50.2 Å². The fourth-order valence-electron chi connectivity index (χ4n) is 7.13. The van der Waals surface area contributed by atoms with Gasteiger partial charge >= 0.3 is 0 Å². The third kappa shape index (κ3) is 5.64.